The topological polar surface area (TPSA) is 54.5 Å². The molecular formula is C18H27N3O2. The second-order valence-corrected chi connectivity index (χ2v) is 7.16. The van der Waals surface area contributed by atoms with Crippen LogP contribution in [0.4, 0.5) is 0 Å². The summed E-state index contributed by atoms with van der Waals surface area (Å²) in [6, 6.07) is 4.25. The minimum Gasteiger partial charge on any atom is -0.475 e. The molecule has 0 aromatic carbocycles. The molecule has 0 unspecified atom stereocenters. The third-order valence-corrected chi connectivity index (χ3v) is 5.26. The van der Waals surface area contributed by atoms with Crippen LogP contribution in [0.3, 0.4) is 0 Å². The fraction of sp³-hybridized carbons (Fsp3) is 0.667. The zero-order valence-corrected chi connectivity index (χ0v) is 14.3. The molecule has 2 aliphatic rings. The lowest BCUT2D eigenvalue weighted by Crippen LogP contribution is -2.48. The Hall–Kier alpha value is -1.62. The first-order valence-corrected chi connectivity index (χ1v) is 8.57. The van der Waals surface area contributed by atoms with Gasteiger partial charge in [0.1, 0.15) is 6.61 Å². The molecule has 3 rings (SSSR count). The van der Waals surface area contributed by atoms with E-state index in [9.17, 15) is 4.79 Å². The van der Waals surface area contributed by atoms with E-state index >= 15 is 0 Å². The summed E-state index contributed by atoms with van der Waals surface area (Å²) in [6.07, 6.45) is 6.00. The summed E-state index contributed by atoms with van der Waals surface area (Å²) in [6.45, 7) is 5.62. The van der Waals surface area contributed by atoms with E-state index in [0.717, 1.165) is 31.4 Å². The summed E-state index contributed by atoms with van der Waals surface area (Å²) < 4.78 is 5.86. The van der Waals surface area contributed by atoms with Crippen molar-refractivity contribution < 1.29 is 9.53 Å². The summed E-state index contributed by atoms with van der Waals surface area (Å²) in [5.41, 5.74) is 0.836. The van der Waals surface area contributed by atoms with Crippen LogP contribution >= 0.6 is 0 Å². The Labute approximate surface area is 138 Å². The second kappa shape index (κ2) is 6.48. The molecule has 0 radical (unpaired) electrons. The highest BCUT2D eigenvalue weighted by molar-refractivity contribution is 5.80. The van der Waals surface area contributed by atoms with Crippen molar-refractivity contribution in [2.24, 2.45) is 5.92 Å². The lowest BCUT2D eigenvalue weighted by molar-refractivity contribution is -0.127. The van der Waals surface area contributed by atoms with Crippen LogP contribution in [0.1, 0.15) is 38.2 Å². The first-order chi connectivity index (χ1) is 11.0. The quantitative estimate of drug-likeness (QED) is 0.873. The van der Waals surface area contributed by atoms with Gasteiger partial charge >= 0.3 is 0 Å². The Morgan fingerprint density at radius 2 is 2.35 bits per heavy atom. The van der Waals surface area contributed by atoms with Gasteiger partial charge in [0.15, 0.2) is 0 Å². The summed E-state index contributed by atoms with van der Waals surface area (Å²) >= 11 is 0. The lowest BCUT2D eigenvalue weighted by Gasteiger charge is -2.27. The van der Waals surface area contributed by atoms with Gasteiger partial charge in [0.25, 0.3) is 0 Å². The number of hydrogen-bond acceptors (Lipinski definition) is 4. The van der Waals surface area contributed by atoms with Gasteiger partial charge in [-0.05, 0) is 52.3 Å². The van der Waals surface area contributed by atoms with Crippen LogP contribution in [0.15, 0.2) is 18.3 Å². The molecule has 1 amide bonds. The Balaban J connectivity index is 1.54. The predicted molar refractivity (Wildman–Crippen MR) is 89.4 cm³/mol. The summed E-state index contributed by atoms with van der Waals surface area (Å²) in [5.74, 6) is 0.843. The van der Waals surface area contributed by atoms with E-state index in [-0.39, 0.29) is 17.4 Å². The van der Waals surface area contributed by atoms with Gasteiger partial charge in [0.2, 0.25) is 11.8 Å². The largest absolute Gasteiger partial charge is 0.475 e. The van der Waals surface area contributed by atoms with Crippen molar-refractivity contribution in [2.75, 3.05) is 20.2 Å². The summed E-state index contributed by atoms with van der Waals surface area (Å²) in [7, 11) is 2.11. The normalized spacial score (nSPS) is 24.2. The zero-order chi connectivity index (χ0) is 16.4. The van der Waals surface area contributed by atoms with Crippen molar-refractivity contribution in [1.82, 2.24) is 15.2 Å². The van der Waals surface area contributed by atoms with Crippen molar-refractivity contribution in [2.45, 2.75) is 51.1 Å². The molecule has 126 valence electrons. The van der Waals surface area contributed by atoms with E-state index < -0.39 is 0 Å². The van der Waals surface area contributed by atoms with Crippen molar-refractivity contribution in [3.63, 3.8) is 0 Å². The monoisotopic (exact) mass is 317 g/mol. The Morgan fingerprint density at radius 3 is 2.96 bits per heavy atom. The van der Waals surface area contributed by atoms with Gasteiger partial charge in [-0.15, -0.1) is 0 Å². The number of carbonyl (C=O) groups excluding carboxylic acids is 1. The van der Waals surface area contributed by atoms with Crippen molar-refractivity contribution in [1.29, 1.82) is 0 Å². The molecule has 1 aliphatic heterocycles. The fourth-order valence-electron chi connectivity index (χ4n) is 3.40. The van der Waals surface area contributed by atoms with E-state index in [1.54, 1.807) is 6.20 Å². The van der Waals surface area contributed by atoms with Crippen LogP contribution in [0, 0.1) is 12.8 Å². The molecule has 1 N–H and O–H groups in total. The molecule has 5 heteroatoms. The third-order valence-electron chi connectivity index (χ3n) is 5.26. The average molecular weight is 317 g/mol. The highest BCUT2D eigenvalue weighted by Crippen LogP contribution is 2.37. The number of nitrogens with one attached hydrogen (secondary N) is 1. The molecule has 1 aliphatic carbocycles. The number of carbonyl (C=O) groups is 1. The molecule has 1 saturated heterocycles. The number of aromatic nitrogens is 1. The number of hydrogen-bond donors (Lipinski definition) is 1. The van der Waals surface area contributed by atoms with Crippen molar-refractivity contribution in [3.05, 3.63) is 23.9 Å². The van der Waals surface area contributed by atoms with Gasteiger partial charge in [-0.3, -0.25) is 4.79 Å². The van der Waals surface area contributed by atoms with Crippen LogP contribution in [0.25, 0.3) is 0 Å². The third kappa shape index (κ3) is 3.66. The first kappa shape index (κ1) is 16.2. The number of likely N-dealkylation sites (tertiary alicyclic amines) is 1. The fourth-order valence-corrected chi connectivity index (χ4v) is 3.40. The standard InChI is InChI=1S/C18H27N3O2/c1-13-6-4-10-19-17(13)23-12-18(8-9-18)20-16(22)14(2)15-7-5-11-21(15)3/h4,6,10,14-15H,5,7-9,11-12H2,1-3H3,(H,20,22)/t14-,15-/m1/s1. The smallest absolute Gasteiger partial charge is 0.224 e. The molecular weight excluding hydrogens is 290 g/mol. The molecule has 2 fully saturated rings. The van der Waals surface area contributed by atoms with Gasteiger partial charge in [-0.2, -0.15) is 0 Å². The molecule has 23 heavy (non-hydrogen) atoms. The number of nitrogens with zero attached hydrogens (tertiary/aromatic N) is 2. The maximum atomic E-state index is 12.6. The minimum absolute atomic E-state index is 0.0246. The maximum absolute atomic E-state index is 12.6. The number of ether oxygens (including phenoxy) is 1. The Morgan fingerprint density at radius 1 is 1.57 bits per heavy atom. The van der Waals surface area contributed by atoms with Gasteiger partial charge in [0.05, 0.1) is 11.5 Å². The molecule has 1 aromatic heterocycles. The van der Waals surface area contributed by atoms with Crippen molar-refractivity contribution >= 4 is 5.91 Å². The van der Waals surface area contributed by atoms with Gasteiger partial charge < -0.3 is 15.0 Å². The molecule has 0 bridgehead atoms. The molecule has 2 atom stereocenters. The van der Waals surface area contributed by atoms with E-state index in [4.69, 9.17) is 4.74 Å². The van der Waals surface area contributed by atoms with Crippen LogP contribution in [0.2, 0.25) is 0 Å². The lowest BCUT2D eigenvalue weighted by atomic mass is 9.98. The molecule has 2 heterocycles. The second-order valence-electron chi connectivity index (χ2n) is 7.16. The number of rotatable bonds is 6. The van der Waals surface area contributed by atoms with Gasteiger partial charge in [-0.1, -0.05) is 13.0 Å². The van der Waals surface area contributed by atoms with E-state index in [1.807, 2.05) is 26.0 Å². The maximum Gasteiger partial charge on any atom is 0.224 e. The van der Waals surface area contributed by atoms with Crippen LogP contribution in [-0.2, 0) is 4.79 Å². The first-order valence-electron chi connectivity index (χ1n) is 8.57. The van der Waals surface area contributed by atoms with Gasteiger partial charge in [0, 0.05) is 17.8 Å². The van der Waals surface area contributed by atoms with Crippen LogP contribution in [0.5, 0.6) is 5.88 Å². The van der Waals surface area contributed by atoms with Crippen LogP contribution in [-0.4, -0.2) is 47.6 Å². The average Bonchev–Trinajstić information content (AvgIpc) is 3.16. The molecule has 0 spiro atoms. The zero-order valence-electron chi connectivity index (χ0n) is 14.3. The van der Waals surface area contributed by atoms with Crippen LogP contribution < -0.4 is 10.1 Å². The highest BCUT2D eigenvalue weighted by atomic mass is 16.5. The number of amides is 1. The number of aryl methyl sites for hydroxylation is 1. The Kier molecular flexibility index (Phi) is 4.57. The summed E-state index contributed by atoms with van der Waals surface area (Å²) in [5, 5.41) is 3.24. The molecule has 1 saturated carbocycles. The Bertz CT molecular complexity index is 571. The SMILES string of the molecule is Cc1cccnc1OCC1(NC(=O)[C@H](C)[C@H]2CCCN2C)CC1. The van der Waals surface area contributed by atoms with Crippen molar-refractivity contribution in [3.8, 4) is 5.88 Å². The van der Waals surface area contributed by atoms with Gasteiger partial charge in [-0.25, -0.2) is 4.98 Å². The summed E-state index contributed by atoms with van der Waals surface area (Å²) in [4.78, 5) is 19.2. The molecule has 1 aromatic rings. The van der Waals surface area contributed by atoms with E-state index in [1.165, 1.54) is 6.42 Å². The molecule has 5 nitrogen and oxygen atoms in total. The predicted octanol–water partition coefficient (Wildman–Crippen LogP) is 2.15. The number of pyridine rings is 1. The van der Waals surface area contributed by atoms with E-state index in [2.05, 4.69) is 22.2 Å². The highest BCUT2D eigenvalue weighted by Gasteiger charge is 2.46. The minimum atomic E-state index is -0.188. The van der Waals surface area contributed by atoms with E-state index in [0.29, 0.717) is 18.5 Å².